The molecule has 3 rings (SSSR count). The Bertz CT molecular complexity index is 745. The van der Waals surface area contributed by atoms with Crippen LogP contribution in [0.25, 0.3) is 0 Å². The van der Waals surface area contributed by atoms with E-state index in [9.17, 15) is 14.0 Å². The van der Waals surface area contributed by atoms with E-state index in [1.165, 1.54) is 6.07 Å². The van der Waals surface area contributed by atoms with Gasteiger partial charge in [0.05, 0.1) is 6.61 Å². The van der Waals surface area contributed by atoms with E-state index in [1.54, 1.807) is 29.0 Å². The number of urea groups is 1. The summed E-state index contributed by atoms with van der Waals surface area (Å²) in [6.07, 6.45) is 2.89. The van der Waals surface area contributed by atoms with Gasteiger partial charge in [0.25, 0.3) is 0 Å². The number of hydrogen-bond donors (Lipinski definition) is 2. The van der Waals surface area contributed by atoms with Gasteiger partial charge in [-0.2, -0.15) is 0 Å². The molecule has 2 N–H and O–H groups in total. The Morgan fingerprint density at radius 3 is 2.80 bits per heavy atom. The number of imide groups is 1. The molecule has 1 atom stereocenters. The maximum atomic E-state index is 14.1. The molecule has 7 nitrogen and oxygen atoms in total. The molecule has 0 aromatic heterocycles. The van der Waals surface area contributed by atoms with Gasteiger partial charge in [0.15, 0.2) is 11.6 Å². The third kappa shape index (κ3) is 6.58. The molecule has 9 heteroatoms. The third-order valence-corrected chi connectivity index (χ3v) is 6.39. The first-order valence-corrected chi connectivity index (χ1v) is 11.5. The molecule has 1 unspecified atom stereocenters. The van der Waals surface area contributed by atoms with Crippen LogP contribution in [0.15, 0.2) is 18.2 Å². The van der Waals surface area contributed by atoms with Crippen molar-refractivity contribution in [3.63, 3.8) is 0 Å². The van der Waals surface area contributed by atoms with Crippen LogP contribution in [0.2, 0.25) is 0 Å². The number of hydrogen-bond acceptors (Lipinski definition) is 6. The van der Waals surface area contributed by atoms with Crippen molar-refractivity contribution >= 4 is 23.9 Å². The molecule has 1 aromatic carbocycles. The molecule has 2 saturated heterocycles. The number of unbranched alkanes of at least 4 members (excludes halogenated alkanes) is 2. The van der Waals surface area contributed by atoms with Gasteiger partial charge in [-0.05, 0) is 44.5 Å². The Labute approximate surface area is 181 Å². The summed E-state index contributed by atoms with van der Waals surface area (Å²) in [7, 11) is 2.07. The average Bonchev–Trinajstić information content (AvgIpc) is 3.01. The van der Waals surface area contributed by atoms with Gasteiger partial charge in [-0.25, -0.2) is 9.18 Å². The Morgan fingerprint density at radius 2 is 2.10 bits per heavy atom. The van der Waals surface area contributed by atoms with Crippen LogP contribution in [0.4, 0.5) is 9.18 Å². The minimum Gasteiger partial charge on any atom is -0.490 e. The molecule has 2 aliphatic rings. The predicted molar refractivity (Wildman–Crippen MR) is 116 cm³/mol. The van der Waals surface area contributed by atoms with E-state index in [1.807, 2.05) is 6.92 Å². The van der Waals surface area contributed by atoms with Crippen molar-refractivity contribution in [3.8, 4) is 5.75 Å². The van der Waals surface area contributed by atoms with E-state index in [-0.39, 0.29) is 30.3 Å². The number of nitrogens with one attached hydrogen (secondary N) is 2. The lowest BCUT2D eigenvalue weighted by molar-refractivity contribution is -0.118. The number of likely N-dealkylation sites (tertiary alicyclic amines) is 1. The maximum Gasteiger partial charge on any atom is 0.324 e. The summed E-state index contributed by atoms with van der Waals surface area (Å²) in [6, 6.07) is 4.84. The van der Waals surface area contributed by atoms with Crippen LogP contribution in [-0.4, -0.2) is 67.3 Å². The van der Waals surface area contributed by atoms with Gasteiger partial charge >= 0.3 is 6.03 Å². The second-order valence-corrected chi connectivity index (χ2v) is 9.04. The number of carbonyl (C=O) groups is 2. The second kappa shape index (κ2) is 11.0. The van der Waals surface area contributed by atoms with Gasteiger partial charge < -0.3 is 14.5 Å². The average molecular weight is 439 g/mol. The molecule has 2 heterocycles. The van der Waals surface area contributed by atoms with Gasteiger partial charge in [-0.1, -0.05) is 24.4 Å². The highest BCUT2D eigenvalue weighted by Gasteiger charge is 2.26. The second-order valence-electron chi connectivity index (χ2n) is 8.11. The number of ether oxygens (including phenoxy) is 1. The fraction of sp³-hybridized carbons (Fsp3) is 0.619. The van der Waals surface area contributed by atoms with Crippen molar-refractivity contribution in [2.24, 2.45) is 5.92 Å². The van der Waals surface area contributed by atoms with Gasteiger partial charge in [-0.15, -0.1) is 0 Å². The molecular formula is C21H31FN4O3S. The third-order valence-electron chi connectivity index (χ3n) is 5.37. The molecule has 0 radical (unpaired) electrons. The highest BCUT2D eigenvalue weighted by Crippen LogP contribution is 2.25. The van der Waals surface area contributed by atoms with Crippen LogP contribution in [-0.2, 0) is 4.79 Å². The first-order chi connectivity index (χ1) is 14.4. The first kappa shape index (κ1) is 22.8. The van der Waals surface area contributed by atoms with Crippen LogP contribution in [0, 0.1) is 11.7 Å². The van der Waals surface area contributed by atoms with Crippen molar-refractivity contribution in [2.45, 2.75) is 32.2 Å². The maximum absolute atomic E-state index is 14.1. The van der Waals surface area contributed by atoms with Crippen molar-refractivity contribution in [2.75, 3.05) is 45.6 Å². The lowest BCUT2D eigenvalue weighted by atomic mass is 10.0. The zero-order valence-corrected chi connectivity index (χ0v) is 18.5. The quantitative estimate of drug-likeness (QED) is 0.297. The van der Waals surface area contributed by atoms with E-state index in [2.05, 4.69) is 22.0 Å². The van der Waals surface area contributed by atoms with Crippen molar-refractivity contribution in [1.29, 1.82) is 0 Å². The fourth-order valence-electron chi connectivity index (χ4n) is 3.61. The van der Waals surface area contributed by atoms with Crippen LogP contribution >= 0.6 is 11.9 Å². The molecule has 0 bridgehead atoms. The highest BCUT2D eigenvalue weighted by molar-refractivity contribution is 7.97. The number of halogens is 1. The van der Waals surface area contributed by atoms with Gasteiger partial charge in [0.1, 0.15) is 6.54 Å². The fourth-order valence-corrected chi connectivity index (χ4v) is 4.46. The Morgan fingerprint density at radius 1 is 1.30 bits per heavy atom. The van der Waals surface area contributed by atoms with Crippen molar-refractivity contribution in [3.05, 3.63) is 29.6 Å². The summed E-state index contributed by atoms with van der Waals surface area (Å²) in [5.74, 6) is 1.20. The van der Waals surface area contributed by atoms with Gasteiger partial charge in [-0.3, -0.25) is 14.8 Å². The number of carbonyl (C=O) groups excluding carboxylic acids is 2. The van der Waals surface area contributed by atoms with E-state index in [0.717, 1.165) is 43.7 Å². The standard InChI is InChI=1S/C21H31FN4O3S/c1-15(24-30-9-5-3-4-8-26-13-20(27)23-21(26)28)17-6-7-18(22)19(10-17)29-14-16-11-25(2)12-16/h6-7,10,15-16,24H,3-5,8-9,11-14H2,1-2H3,(H,23,27,28). The summed E-state index contributed by atoms with van der Waals surface area (Å²) < 4.78 is 23.2. The molecule has 30 heavy (non-hydrogen) atoms. The predicted octanol–water partition coefficient (Wildman–Crippen LogP) is 2.79. The SMILES string of the molecule is CC(NSCCCCCN1CC(=O)NC1=O)c1ccc(F)c(OCC2CN(C)C2)c1. The lowest BCUT2D eigenvalue weighted by Gasteiger charge is -2.35. The van der Waals surface area contributed by atoms with E-state index in [0.29, 0.717) is 24.8 Å². The molecular weight excluding hydrogens is 407 g/mol. The minimum atomic E-state index is -0.320. The highest BCUT2D eigenvalue weighted by atomic mass is 32.2. The van der Waals surface area contributed by atoms with Crippen molar-refractivity contribution in [1.82, 2.24) is 19.8 Å². The van der Waals surface area contributed by atoms with Crippen LogP contribution in [0.1, 0.15) is 37.8 Å². The molecule has 3 amide bonds. The summed E-state index contributed by atoms with van der Waals surface area (Å²) in [6.45, 7) is 5.39. The van der Waals surface area contributed by atoms with Crippen LogP contribution < -0.4 is 14.8 Å². The minimum absolute atomic E-state index is 0.0760. The number of benzene rings is 1. The number of amides is 3. The Balaban J connectivity index is 1.30. The zero-order chi connectivity index (χ0) is 21.5. The zero-order valence-electron chi connectivity index (χ0n) is 17.7. The monoisotopic (exact) mass is 438 g/mol. The smallest absolute Gasteiger partial charge is 0.324 e. The first-order valence-electron chi connectivity index (χ1n) is 10.5. The number of rotatable bonds is 12. The topological polar surface area (TPSA) is 73.9 Å². The van der Waals surface area contributed by atoms with Gasteiger partial charge in [0, 0.05) is 37.3 Å². The summed E-state index contributed by atoms with van der Waals surface area (Å²) in [4.78, 5) is 26.4. The summed E-state index contributed by atoms with van der Waals surface area (Å²) in [5.41, 5.74) is 0.995. The van der Waals surface area contributed by atoms with Crippen LogP contribution in [0.3, 0.4) is 0 Å². The Kier molecular flexibility index (Phi) is 8.35. The summed E-state index contributed by atoms with van der Waals surface area (Å²) in [5, 5.41) is 2.28. The Hall–Kier alpha value is -1.84. The van der Waals surface area contributed by atoms with Crippen molar-refractivity contribution < 1.29 is 18.7 Å². The van der Waals surface area contributed by atoms with E-state index < -0.39 is 0 Å². The molecule has 1 aromatic rings. The van der Waals surface area contributed by atoms with E-state index in [4.69, 9.17) is 4.74 Å². The lowest BCUT2D eigenvalue weighted by Crippen LogP contribution is -2.46. The van der Waals surface area contributed by atoms with E-state index >= 15 is 0 Å². The molecule has 0 saturated carbocycles. The summed E-state index contributed by atoms with van der Waals surface area (Å²) >= 11 is 1.64. The number of nitrogens with zero attached hydrogens (tertiary/aromatic N) is 2. The van der Waals surface area contributed by atoms with Crippen LogP contribution in [0.5, 0.6) is 5.75 Å². The van der Waals surface area contributed by atoms with Gasteiger partial charge in [0.2, 0.25) is 5.91 Å². The molecule has 2 aliphatic heterocycles. The molecule has 166 valence electrons. The largest absolute Gasteiger partial charge is 0.490 e. The molecule has 2 fully saturated rings. The molecule has 0 spiro atoms. The normalized spacial score (nSPS) is 18.4. The molecule has 0 aliphatic carbocycles.